The van der Waals surface area contributed by atoms with Crippen molar-refractivity contribution in [2.45, 2.75) is 10.9 Å². The van der Waals surface area contributed by atoms with E-state index in [1.807, 2.05) is 0 Å². The molecule has 0 unspecified atom stereocenters. The van der Waals surface area contributed by atoms with Crippen molar-refractivity contribution in [3.05, 3.63) is 101 Å². The topological polar surface area (TPSA) is 83.9 Å². The molecule has 1 atom stereocenters. The van der Waals surface area contributed by atoms with Crippen molar-refractivity contribution in [2.75, 3.05) is 12.0 Å². The lowest BCUT2D eigenvalue weighted by molar-refractivity contribution is -0.117. The minimum atomic E-state index is -4.23. The van der Waals surface area contributed by atoms with Crippen LogP contribution in [0.3, 0.4) is 0 Å². The fourth-order valence-corrected chi connectivity index (χ4v) is 5.19. The Hall–Kier alpha value is -3.65. The Morgan fingerprint density at radius 2 is 1.55 bits per heavy atom. The quantitative estimate of drug-likeness (QED) is 0.645. The molecule has 0 spiro atoms. The highest BCUT2D eigenvalue weighted by Crippen LogP contribution is 2.44. The van der Waals surface area contributed by atoms with E-state index in [2.05, 4.69) is 0 Å². The summed E-state index contributed by atoms with van der Waals surface area (Å²) < 4.78 is 45.5. The second-order valence-corrected chi connectivity index (χ2v) is 8.77. The number of halogens is 1. The van der Waals surface area contributed by atoms with Gasteiger partial charge in [-0.15, -0.1) is 0 Å². The number of hydrogen-bond acceptors (Lipinski definition) is 5. The minimum absolute atomic E-state index is 0.0620. The van der Waals surface area contributed by atoms with E-state index in [0.29, 0.717) is 17.0 Å². The van der Waals surface area contributed by atoms with Gasteiger partial charge in [0.1, 0.15) is 22.5 Å². The molecule has 1 aliphatic heterocycles. The number of aliphatic hydroxyl groups excluding tert-OH is 1. The molecule has 158 valence electrons. The van der Waals surface area contributed by atoms with Gasteiger partial charge in [-0.1, -0.05) is 30.3 Å². The van der Waals surface area contributed by atoms with Crippen LogP contribution in [0.5, 0.6) is 5.75 Å². The van der Waals surface area contributed by atoms with Crippen molar-refractivity contribution in [3.8, 4) is 5.75 Å². The van der Waals surface area contributed by atoms with Crippen molar-refractivity contribution >= 4 is 21.4 Å². The molecule has 6 nitrogen and oxygen atoms in total. The van der Waals surface area contributed by atoms with Crippen LogP contribution < -0.4 is 9.64 Å². The smallest absolute Gasteiger partial charge is 0.295 e. The van der Waals surface area contributed by atoms with Crippen LogP contribution in [0.25, 0.3) is 0 Å². The zero-order valence-corrected chi connectivity index (χ0v) is 17.2. The van der Waals surface area contributed by atoms with Gasteiger partial charge in [0.15, 0.2) is 5.76 Å². The van der Waals surface area contributed by atoms with Crippen LogP contribution in [0.2, 0.25) is 0 Å². The van der Waals surface area contributed by atoms with E-state index in [1.165, 1.54) is 48.4 Å². The summed E-state index contributed by atoms with van der Waals surface area (Å²) in [5.41, 5.74) is 0.689. The second-order valence-electron chi connectivity index (χ2n) is 6.86. The molecule has 1 amide bonds. The molecule has 0 saturated carbocycles. The minimum Gasteiger partial charge on any atom is -0.502 e. The molecule has 3 aromatic carbocycles. The van der Waals surface area contributed by atoms with E-state index in [4.69, 9.17) is 4.74 Å². The fraction of sp³-hybridized carbons (Fsp3) is 0.0870. The molecule has 0 radical (unpaired) electrons. The number of hydrogen-bond donors (Lipinski definition) is 1. The third kappa shape index (κ3) is 3.55. The predicted molar refractivity (Wildman–Crippen MR) is 113 cm³/mol. The Kier molecular flexibility index (Phi) is 5.24. The first-order valence-corrected chi connectivity index (χ1v) is 10.8. The van der Waals surface area contributed by atoms with Gasteiger partial charge in [0.2, 0.25) is 9.84 Å². The van der Waals surface area contributed by atoms with Crippen LogP contribution in [-0.4, -0.2) is 26.5 Å². The van der Waals surface area contributed by atoms with Crippen LogP contribution in [0.4, 0.5) is 10.1 Å². The van der Waals surface area contributed by atoms with Crippen molar-refractivity contribution in [1.29, 1.82) is 0 Å². The third-order valence-corrected chi connectivity index (χ3v) is 6.93. The number of anilines is 1. The summed E-state index contributed by atoms with van der Waals surface area (Å²) in [5, 5.41) is 10.7. The van der Waals surface area contributed by atoms with E-state index in [9.17, 15) is 22.7 Å². The second kappa shape index (κ2) is 7.88. The number of carbonyl (C=O) groups excluding carboxylic acids is 1. The zero-order valence-electron chi connectivity index (χ0n) is 16.4. The lowest BCUT2D eigenvalue weighted by atomic mass is 10.1. The first-order valence-electron chi connectivity index (χ1n) is 9.31. The Morgan fingerprint density at radius 3 is 2.13 bits per heavy atom. The van der Waals surface area contributed by atoms with E-state index < -0.39 is 38.3 Å². The molecule has 31 heavy (non-hydrogen) atoms. The summed E-state index contributed by atoms with van der Waals surface area (Å²) in [6.07, 6.45) is 0. The number of amides is 1. The Bertz CT molecular complexity index is 1250. The fourth-order valence-electron chi connectivity index (χ4n) is 3.54. The van der Waals surface area contributed by atoms with Crippen molar-refractivity contribution < 1.29 is 27.4 Å². The van der Waals surface area contributed by atoms with Gasteiger partial charge >= 0.3 is 0 Å². The van der Waals surface area contributed by atoms with Crippen molar-refractivity contribution in [1.82, 2.24) is 0 Å². The number of nitrogens with zero attached hydrogens (tertiary/aromatic N) is 1. The van der Waals surface area contributed by atoms with E-state index in [0.717, 1.165) is 0 Å². The average Bonchev–Trinajstić information content (AvgIpc) is 3.06. The van der Waals surface area contributed by atoms with Gasteiger partial charge in [-0.25, -0.2) is 12.8 Å². The van der Waals surface area contributed by atoms with E-state index in [1.54, 1.807) is 42.5 Å². The van der Waals surface area contributed by atoms with Crippen LogP contribution in [0.15, 0.2) is 94.4 Å². The van der Waals surface area contributed by atoms with Gasteiger partial charge in [0.25, 0.3) is 5.91 Å². The van der Waals surface area contributed by atoms with Gasteiger partial charge < -0.3 is 9.84 Å². The SMILES string of the molecule is COc1ccc(N2C(=O)C(O)=C(S(=O)(=O)c3ccccc3)[C@@H]2c2ccc(F)cc2)cc1. The van der Waals surface area contributed by atoms with Crippen molar-refractivity contribution in [2.24, 2.45) is 0 Å². The molecule has 0 aromatic heterocycles. The summed E-state index contributed by atoms with van der Waals surface area (Å²) in [5.74, 6) is -1.70. The molecular weight excluding hydrogens is 421 g/mol. The maximum absolute atomic E-state index is 13.6. The number of carbonyl (C=O) groups is 1. The van der Waals surface area contributed by atoms with Gasteiger partial charge in [0.05, 0.1) is 12.0 Å². The van der Waals surface area contributed by atoms with Crippen molar-refractivity contribution in [3.63, 3.8) is 0 Å². The molecule has 4 rings (SSSR count). The van der Waals surface area contributed by atoms with Crippen LogP contribution in [0, 0.1) is 5.82 Å². The average molecular weight is 439 g/mol. The number of ether oxygens (including phenoxy) is 1. The predicted octanol–water partition coefficient (Wildman–Crippen LogP) is 4.17. The lowest BCUT2D eigenvalue weighted by Crippen LogP contribution is -2.31. The number of methoxy groups -OCH3 is 1. The van der Waals surface area contributed by atoms with Crippen LogP contribution in [-0.2, 0) is 14.6 Å². The summed E-state index contributed by atoms with van der Waals surface area (Å²) >= 11 is 0. The Labute approximate surface area is 178 Å². The molecule has 0 saturated heterocycles. The molecule has 0 bridgehead atoms. The third-order valence-electron chi connectivity index (χ3n) is 5.04. The summed E-state index contributed by atoms with van der Waals surface area (Å²) in [6, 6.07) is 17.9. The number of aliphatic hydroxyl groups is 1. The molecular formula is C23H18FNO5S. The normalized spacial score (nSPS) is 16.6. The van der Waals surface area contributed by atoms with Gasteiger partial charge in [-0.3, -0.25) is 9.69 Å². The number of sulfone groups is 1. The summed E-state index contributed by atoms with van der Waals surface area (Å²) in [6.45, 7) is 0. The molecule has 1 heterocycles. The molecule has 1 aliphatic rings. The highest BCUT2D eigenvalue weighted by molar-refractivity contribution is 7.95. The van der Waals surface area contributed by atoms with E-state index >= 15 is 0 Å². The molecule has 8 heteroatoms. The number of benzene rings is 3. The van der Waals surface area contributed by atoms with E-state index in [-0.39, 0.29) is 4.90 Å². The van der Waals surface area contributed by atoms with Gasteiger partial charge in [0, 0.05) is 5.69 Å². The van der Waals surface area contributed by atoms with Gasteiger partial charge in [-0.05, 0) is 54.1 Å². The maximum Gasteiger partial charge on any atom is 0.295 e. The van der Waals surface area contributed by atoms with Gasteiger partial charge in [-0.2, -0.15) is 0 Å². The van der Waals surface area contributed by atoms with Crippen LogP contribution in [0.1, 0.15) is 11.6 Å². The first kappa shape index (κ1) is 20.6. The largest absolute Gasteiger partial charge is 0.502 e. The molecule has 1 N–H and O–H groups in total. The summed E-state index contributed by atoms with van der Waals surface area (Å²) in [7, 11) is -2.74. The molecule has 3 aromatic rings. The number of rotatable bonds is 5. The summed E-state index contributed by atoms with van der Waals surface area (Å²) in [4.78, 5) is 13.7. The lowest BCUT2D eigenvalue weighted by Gasteiger charge is -2.27. The Balaban J connectivity index is 1.92. The maximum atomic E-state index is 13.6. The molecule has 0 aliphatic carbocycles. The highest BCUT2D eigenvalue weighted by Gasteiger charge is 2.47. The Morgan fingerprint density at radius 1 is 0.935 bits per heavy atom. The highest BCUT2D eigenvalue weighted by atomic mass is 32.2. The first-order chi connectivity index (χ1) is 14.8. The van der Waals surface area contributed by atoms with Crippen LogP contribution >= 0.6 is 0 Å². The molecule has 0 fully saturated rings. The zero-order chi connectivity index (χ0) is 22.2. The monoisotopic (exact) mass is 439 g/mol. The standard InChI is InChI=1S/C23H18FNO5S/c1-30-18-13-11-17(12-14-18)25-20(15-7-9-16(24)10-8-15)22(21(26)23(25)27)31(28,29)19-5-3-2-4-6-19/h2-14,20,26H,1H3/t20-/m0/s1.